The summed E-state index contributed by atoms with van der Waals surface area (Å²) in [7, 11) is 0. The van der Waals surface area contributed by atoms with Gasteiger partial charge in [0.2, 0.25) is 0 Å². The van der Waals surface area contributed by atoms with Gasteiger partial charge >= 0.3 is 11.7 Å². The van der Waals surface area contributed by atoms with E-state index in [1.165, 1.54) is 6.20 Å². The Hall–Kier alpha value is -2.30. The van der Waals surface area contributed by atoms with Crippen LogP contribution in [0.1, 0.15) is 5.56 Å². The minimum Gasteiger partial charge on any atom is -0.442 e. The van der Waals surface area contributed by atoms with Crippen molar-refractivity contribution in [3.05, 3.63) is 58.6 Å². The molecular formula is C11H9NO4. The first-order valence-corrected chi connectivity index (χ1v) is 4.66. The topological polar surface area (TPSA) is 61.4 Å². The van der Waals surface area contributed by atoms with Gasteiger partial charge in [-0.15, -0.1) is 4.74 Å². The molecule has 0 fully saturated rings. The molecule has 0 saturated heterocycles. The van der Waals surface area contributed by atoms with Crippen LogP contribution < -0.4 is 5.63 Å². The molecule has 0 atom stereocenters. The molecule has 1 aromatic heterocycles. The first-order valence-electron chi connectivity index (χ1n) is 4.66. The molecule has 5 nitrogen and oxygen atoms in total. The molecule has 0 aliphatic rings. The van der Waals surface area contributed by atoms with Crippen LogP contribution in [0.4, 0.5) is 4.79 Å². The van der Waals surface area contributed by atoms with E-state index in [4.69, 9.17) is 4.74 Å². The highest BCUT2D eigenvalue weighted by Gasteiger charge is 2.07. The fourth-order valence-electron chi connectivity index (χ4n) is 1.17. The number of hydrogen-bond acceptors (Lipinski definition) is 4. The lowest BCUT2D eigenvalue weighted by atomic mass is 10.2. The first-order chi connectivity index (χ1) is 7.75. The number of carbonyl (C=O) groups excluding carboxylic acids is 1. The van der Waals surface area contributed by atoms with Crippen molar-refractivity contribution in [3.63, 3.8) is 0 Å². The van der Waals surface area contributed by atoms with Crippen molar-refractivity contribution >= 4 is 6.09 Å². The minimum absolute atomic E-state index is 0.140. The summed E-state index contributed by atoms with van der Waals surface area (Å²) in [5.41, 5.74) is 0.280. The fourth-order valence-corrected chi connectivity index (χ4v) is 1.17. The Morgan fingerprint density at radius 1 is 1.25 bits per heavy atom. The Morgan fingerprint density at radius 2 is 2.00 bits per heavy atom. The van der Waals surface area contributed by atoms with E-state index in [1.54, 1.807) is 0 Å². The molecular weight excluding hydrogens is 210 g/mol. The molecule has 1 heterocycles. The zero-order valence-corrected chi connectivity index (χ0v) is 8.33. The summed E-state index contributed by atoms with van der Waals surface area (Å²) in [6, 6.07) is 10.4. The lowest BCUT2D eigenvalue weighted by Gasteiger charge is -2.03. The number of ether oxygens (including phenoxy) is 1. The molecule has 0 unspecified atom stereocenters. The first kappa shape index (κ1) is 10.2. The minimum atomic E-state index is -0.717. The van der Waals surface area contributed by atoms with E-state index in [2.05, 4.69) is 4.52 Å². The Bertz CT molecular complexity index is 526. The van der Waals surface area contributed by atoms with Crippen molar-refractivity contribution < 1.29 is 14.1 Å². The maximum absolute atomic E-state index is 11.3. The van der Waals surface area contributed by atoms with E-state index < -0.39 is 11.7 Å². The van der Waals surface area contributed by atoms with Crippen LogP contribution in [-0.4, -0.2) is 10.8 Å². The van der Waals surface area contributed by atoms with Gasteiger partial charge in [-0.05, 0) is 5.56 Å². The second-order valence-corrected chi connectivity index (χ2v) is 3.09. The second-order valence-electron chi connectivity index (χ2n) is 3.09. The lowest BCUT2D eigenvalue weighted by Crippen LogP contribution is -2.12. The summed E-state index contributed by atoms with van der Waals surface area (Å²) >= 11 is 0. The van der Waals surface area contributed by atoms with E-state index in [9.17, 15) is 9.59 Å². The third kappa shape index (κ3) is 2.38. The van der Waals surface area contributed by atoms with Gasteiger partial charge in [-0.25, -0.2) is 9.59 Å². The molecule has 2 rings (SSSR count). The van der Waals surface area contributed by atoms with E-state index in [-0.39, 0.29) is 6.61 Å². The predicted molar refractivity (Wildman–Crippen MR) is 55.0 cm³/mol. The fraction of sp³-hybridized carbons (Fsp3) is 0.0909. The summed E-state index contributed by atoms with van der Waals surface area (Å²) in [5, 5.41) is 0. The zero-order chi connectivity index (χ0) is 11.4. The predicted octanol–water partition coefficient (Wildman–Crippen LogP) is 1.63. The van der Waals surface area contributed by atoms with Crippen LogP contribution in [0.2, 0.25) is 0 Å². The van der Waals surface area contributed by atoms with Gasteiger partial charge in [0.05, 0.1) is 6.20 Å². The molecule has 82 valence electrons. The van der Waals surface area contributed by atoms with Crippen LogP contribution >= 0.6 is 0 Å². The van der Waals surface area contributed by atoms with Crippen LogP contribution in [0.15, 0.2) is 51.9 Å². The highest BCUT2D eigenvalue weighted by atomic mass is 16.6. The van der Waals surface area contributed by atoms with Gasteiger partial charge in [-0.3, -0.25) is 0 Å². The van der Waals surface area contributed by atoms with E-state index in [0.29, 0.717) is 0 Å². The normalized spacial score (nSPS) is 10.0. The van der Waals surface area contributed by atoms with Crippen molar-refractivity contribution in [3.8, 4) is 0 Å². The summed E-state index contributed by atoms with van der Waals surface area (Å²) in [6.45, 7) is 0.140. The quantitative estimate of drug-likeness (QED) is 0.770. The summed E-state index contributed by atoms with van der Waals surface area (Å²) in [4.78, 5) is 22.0. The van der Waals surface area contributed by atoms with Gasteiger partial charge < -0.3 is 9.26 Å². The maximum Gasteiger partial charge on any atom is 0.448 e. The van der Waals surface area contributed by atoms with Crippen molar-refractivity contribution in [2.24, 2.45) is 0 Å². The van der Waals surface area contributed by atoms with Gasteiger partial charge in [0.15, 0.2) is 0 Å². The Kier molecular flexibility index (Phi) is 2.86. The molecule has 0 aliphatic carbocycles. The Balaban J connectivity index is 1.97. The van der Waals surface area contributed by atoms with Crippen molar-refractivity contribution in [1.82, 2.24) is 4.74 Å². The van der Waals surface area contributed by atoms with Gasteiger partial charge in [-0.1, -0.05) is 30.3 Å². The SMILES string of the molecule is O=C(OCc1ccccc1)n1ccc(=O)o1. The smallest absolute Gasteiger partial charge is 0.442 e. The number of carbonyl (C=O) groups is 1. The van der Waals surface area contributed by atoms with Crippen LogP contribution in [0.25, 0.3) is 0 Å². The summed E-state index contributed by atoms with van der Waals surface area (Å²) in [6.07, 6.45) is 0.501. The largest absolute Gasteiger partial charge is 0.448 e. The molecule has 16 heavy (non-hydrogen) atoms. The molecule has 5 heteroatoms. The van der Waals surface area contributed by atoms with Crippen LogP contribution in [-0.2, 0) is 11.3 Å². The van der Waals surface area contributed by atoms with Gasteiger partial charge in [0.1, 0.15) is 6.61 Å². The van der Waals surface area contributed by atoms with Crippen LogP contribution in [0.5, 0.6) is 0 Å². The van der Waals surface area contributed by atoms with Crippen molar-refractivity contribution in [2.75, 3.05) is 0 Å². The van der Waals surface area contributed by atoms with E-state index >= 15 is 0 Å². The molecule has 0 radical (unpaired) electrons. The molecule has 0 N–H and O–H groups in total. The number of hydrogen-bond donors (Lipinski definition) is 0. The second kappa shape index (κ2) is 4.48. The number of rotatable bonds is 2. The maximum atomic E-state index is 11.3. The van der Waals surface area contributed by atoms with Gasteiger partial charge in [0.25, 0.3) is 0 Å². The van der Waals surface area contributed by atoms with Gasteiger partial charge in [0, 0.05) is 6.07 Å². The average molecular weight is 219 g/mol. The highest BCUT2D eigenvalue weighted by Crippen LogP contribution is 2.01. The monoisotopic (exact) mass is 219 g/mol. The van der Waals surface area contributed by atoms with E-state index in [1.807, 2.05) is 30.3 Å². The molecule has 2 aromatic rings. The molecule has 1 aromatic carbocycles. The van der Waals surface area contributed by atoms with Crippen LogP contribution in [0.3, 0.4) is 0 Å². The third-order valence-corrected chi connectivity index (χ3v) is 1.92. The third-order valence-electron chi connectivity index (χ3n) is 1.92. The van der Waals surface area contributed by atoms with Crippen molar-refractivity contribution in [1.29, 1.82) is 0 Å². The Morgan fingerprint density at radius 3 is 2.62 bits per heavy atom. The van der Waals surface area contributed by atoms with Crippen LogP contribution in [0, 0.1) is 0 Å². The zero-order valence-electron chi connectivity index (χ0n) is 8.33. The van der Waals surface area contributed by atoms with Gasteiger partial charge in [-0.2, -0.15) is 0 Å². The molecule has 0 saturated carbocycles. The summed E-state index contributed by atoms with van der Waals surface area (Å²) in [5.74, 6) is 0. The highest BCUT2D eigenvalue weighted by molar-refractivity contribution is 5.68. The standard InChI is InChI=1S/C11H9NO4/c13-10-6-7-12(16-10)11(14)15-8-9-4-2-1-3-5-9/h1-7H,8H2. The molecule has 0 spiro atoms. The Labute approximate surface area is 90.8 Å². The number of aromatic nitrogens is 1. The molecule has 0 amide bonds. The lowest BCUT2D eigenvalue weighted by molar-refractivity contribution is 0.112. The molecule has 0 aliphatic heterocycles. The average Bonchev–Trinajstić information content (AvgIpc) is 2.74. The van der Waals surface area contributed by atoms with E-state index in [0.717, 1.165) is 16.4 Å². The summed E-state index contributed by atoms with van der Waals surface area (Å²) < 4.78 is 10.2. The molecule has 0 bridgehead atoms. The van der Waals surface area contributed by atoms with Crippen molar-refractivity contribution in [2.45, 2.75) is 6.61 Å². The number of benzene rings is 1. The number of nitrogens with zero attached hydrogens (tertiary/aromatic N) is 1.